The van der Waals surface area contributed by atoms with Gasteiger partial charge in [-0.1, -0.05) is 41.1 Å². The van der Waals surface area contributed by atoms with Gasteiger partial charge in [-0.2, -0.15) is 10.1 Å². The van der Waals surface area contributed by atoms with Crippen LogP contribution in [0.4, 0.5) is 0 Å². The van der Waals surface area contributed by atoms with Crippen LogP contribution in [0.25, 0.3) is 11.5 Å². The normalized spacial score (nSPS) is 15.1. The Morgan fingerprint density at radius 3 is 2.72 bits per heavy atom. The molecule has 0 bridgehead atoms. The third-order valence-electron chi connectivity index (χ3n) is 5.68. The third-order valence-corrected chi connectivity index (χ3v) is 5.68. The van der Waals surface area contributed by atoms with E-state index in [0.29, 0.717) is 23.7 Å². The van der Waals surface area contributed by atoms with E-state index in [4.69, 9.17) is 13.7 Å². The topological polar surface area (TPSA) is 124 Å². The van der Waals surface area contributed by atoms with Crippen LogP contribution in [0.15, 0.2) is 81.1 Å². The number of hydrogen-bond donors (Lipinski definition) is 0. The van der Waals surface area contributed by atoms with Crippen LogP contribution in [0.5, 0.6) is 0 Å². The van der Waals surface area contributed by atoms with Crippen LogP contribution in [-0.4, -0.2) is 44.3 Å². The Morgan fingerprint density at radius 1 is 1.11 bits per heavy atom. The van der Waals surface area contributed by atoms with Crippen LogP contribution in [0.2, 0.25) is 0 Å². The molecule has 1 aromatic carbocycles. The number of hydrogen-bond acceptors (Lipinski definition) is 9. The van der Waals surface area contributed by atoms with Crippen molar-refractivity contribution < 1.29 is 23.3 Å². The molecule has 10 nitrogen and oxygen atoms in total. The summed E-state index contributed by atoms with van der Waals surface area (Å²) in [4.78, 5) is 33.7. The fourth-order valence-electron chi connectivity index (χ4n) is 3.81. The number of amides is 1. The Bertz CT molecular complexity index is 1360. The lowest BCUT2D eigenvalue weighted by atomic mass is 10.0. The lowest BCUT2D eigenvalue weighted by Crippen LogP contribution is -2.31. The van der Waals surface area contributed by atoms with Crippen molar-refractivity contribution in [3.63, 3.8) is 0 Å². The van der Waals surface area contributed by atoms with Gasteiger partial charge in [0.05, 0.1) is 18.4 Å². The van der Waals surface area contributed by atoms with Gasteiger partial charge in [-0.3, -0.25) is 14.6 Å². The zero-order chi connectivity index (χ0) is 24.9. The van der Waals surface area contributed by atoms with E-state index < -0.39 is 24.5 Å². The van der Waals surface area contributed by atoms with Gasteiger partial charge in [0, 0.05) is 19.0 Å². The van der Waals surface area contributed by atoms with Gasteiger partial charge < -0.3 is 13.7 Å². The van der Waals surface area contributed by atoms with Crippen LogP contribution in [0.3, 0.4) is 0 Å². The first-order valence-corrected chi connectivity index (χ1v) is 11.5. The van der Waals surface area contributed by atoms with Gasteiger partial charge in [0.1, 0.15) is 17.5 Å². The van der Waals surface area contributed by atoms with Crippen LogP contribution in [0.1, 0.15) is 41.7 Å². The molecule has 10 heteroatoms. The minimum Gasteiger partial charge on any atom is -0.467 e. The molecule has 1 amide bonds. The summed E-state index contributed by atoms with van der Waals surface area (Å²) in [6, 6.07) is 16.4. The number of hydrazone groups is 1. The largest absolute Gasteiger partial charge is 0.467 e. The second-order valence-electron chi connectivity index (χ2n) is 8.27. The monoisotopic (exact) mass is 485 g/mol. The molecule has 1 unspecified atom stereocenters. The van der Waals surface area contributed by atoms with Crippen molar-refractivity contribution in [2.24, 2.45) is 5.10 Å². The summed E-state index contributed by atoms with van der Waals surface area (Å²) in [7, 11) is 0. The summed E-state index contributed by atoms with van der Waals surface area (Å²) in [6.07, 6.45) is 3.84. The van der Waals surface area contributed by atoms with Crippen LogP contribution < -0.4 is 0 Å². The average Bonchev–Trinajstić information content (AvgIpc) is 3.67. The highest BCUT2D eigenvalue weighted by Gasteiger charge is 2.35. The van der Waals surface area contributed by atoms with E-state index >= 15 is 0 Å². The molecule has 0 saturated carbocycles. The molecule has 0 fully saturated rings. The Kier molecular flexibility index (Phi) is 6.65. The second-order valence-corrected chi connectivity index (χ2v) is 8.27. The highest BCUT2D eigenvalue weighted by molar-refractivity contribution is 6.03. The first-order chi connectivity index (χ1) is 17.6. The SMILES string of the molecule is Cc1ccc(C2=NN(C(=O)COC(=O)CCc3nc(-c4ccccn4)no3)C(c3ccco3)C2)cc1. The molecule has 0 spiro atoms. The fraction of sp³-hybridized carbons (Fsp3) is 0.231. The van der Waals surface area contributed by atoms with Crippen LogP contribution >= 0.6 is 0 Å². The lowest BCUT2D eigenvalue weighted by molar-refractivity contribution is -0.153. The number of aromatic nitrogens is 3. The number of rotatable bonds is 8. The first-order valence-electron chi connectivity index (χ1n) is 11.5. The molecule has 0 aliphatic carbocycles. The molecule has 0 radical (unpaired) electrons. The molecule has 3 aromatic heterocycles. The summed E-state index contributed by atoms with van der Waals surface area (Å²) in [5, 5.41) is 9.75. The highest BCUT2D eigenvalue weighted by atomic mass is 16.5. The number of carbonyl (C=O) groups is 2. The van der Waals surface area contributed by atoms with Crippen molar-refractivity contribution in [2.75, 3.05) is 6.61 Å². The standard InChI is InChI=1S/C26H23N5O5/c1-17-7-9-18(10-8-17)20-15-21(22-6-4-14-34-22)31(29-20)24(32)16-35-25(33)12-11-23-28-26(30-36-23)19-5-2-3-13-27-19/h2-10,13-14,21H,11-12,15-16H2,1H3. The van der Waals surface area contributed by atoms with E-state index in [1.807, 2.05) is 37.3 Å². The molecule has 36 heavy (non-hydrogen) atoms. The predicted molar refractivity (Wildman–Crippen MR) is 127 cm³/mol. The van der Waals surface area contributed by atoms with E-state index in [-0.39, 0.29) is 18.7 Å². The lowest BCUT2D eigenvalue weighted by Gasteiger charge is -2.19. The quantitative estimate of drug-likeness (QED) is 0.344. The minimum atomic E-state index is -0.558. The Hall–Kier alpha value is -4.60. The maximum atomic E-state index is 13.0. The Labute approximate surface area is 206 Å². The number of benzene rings is 1. The number of ether oxygens (including phenoxy) is 1. The zero-order valence-electron chi connectivity index (χ0n) is 19.5. The summed E-state index contributed by atoms with van der Waals surface area (Å²) in [6.45, 7) is 1.57. The number of aryl methyl sites for hydroxylation is 2. The van der Waals surface area contributed by atoms with E-state index in [9.17, 15) is 9.59 Å². The van der Waals surface area contributed by atoms with Crippen molar-refractivity contribution >= 4 is 17.6 Å². The van der Waals surface area contributed by atoms with Crippen LogP contribution in [0, 0.1) is 6.92 Å². The van der Waals surface area contributed by atoms with Gasteiger partial charge in [0.15, 0.2) is 6.61 Å². The molecule has 4 heterocycles. The third kappa shape index (κ3) is 5.22. The van der Waals surface area contributed by atoms with Crippen molar-refractivity contribution in [3.05, 3.63) is 89.8 Å². The molecule has 4 aromatic rings. The fourth-order valence-corrected chi connectivity index (χ4v) is 3.81. The Balaban J connectivity index is 1.19. The highest BCUT2D eigenvalue weighted by Crippen LogP contribution is 2.33. The number of pyridine rings is 1. The van der Waals surface area contributed by atoms with Gasteiger partial charge in [-0.25, -0.2) is 5.01 Å². The van der Waals surface area contributed by atoms with Crippen molar-refractivity contribution in [1.82, 2.24) is 20.1 Å². The molecule has 5 rings (SSSR count). The molecular weight excluding hydrogens is 462 g/mol. The van der Waals surface area contributed by atoms with E-state index in [1.165, 1.54) is 5.01 Å². The summed E-state index contributed by atoms with van der Waals surface area (Å²) >= 11 is 0. The molecule has 1 atom stereocenters. The molecule has 182 valence electrons. The van der Waals surface area contributed by atoms with Crippen molar-refractivity contribution in [3.8, 4) is 11.5 Å². The van der Waals surface area contributed by atoms with Gasteiger partial charge in [0.2, 0.25) is 11.7 Å². The maximum Gasteiger partial charge on any atom is 0.306 e. The summed E-state index contributed by atoms with van der Waals surface area (Å²) in [5.41, 5.74) is 3.39. The number of nitrogens with zero attached hydrogens (tertiary/aromatic N) is 5. The molecule has 0 N–H and O–H groups in total. The van der Waals surface area contributed by atoms with E-state index in [2.05, 4.69) is 20.2 Å². The molecule has 1 aliphatic heterocycles. The van der Waals surface area contributed by atoms with E-state index in [1.54, 1.807) is 36.7 Å². The summed E-state index contributed by atoms with van der Waals surface area (Å²) in [5.74, 6) is 0.234. The van der Waals surface area contributed by atoms with Gasteiger partial charge in [-0.05, 0) is 36.8 Å². The van der Waals surface area contributed by atoms with Gasteiger partial charge >= 0.3 is 5.97 Å². The number of carbonyl (C=O) groups excluding carboxylic acids is 2. The minimum absolute atomic E-state index is 0.0172. The zero-order valence-corrected chi connectivity index (χ0v) is 19.5. The molecule has 1 aliphatic rings. The van der Waals surface area contributed by atoms with Crippen molar-refractivity contribution in [2.45, 2.75) is 32.2 Å². The first kappa shape index (κ1) is 23.2. The predicted octanol–water partition coefficient (Wildman–Crippen LogP) is 3.89. The Morgan fingerprint density at radius 2 is 1.97 bits per heavy atom. The number of furan rings is 1. The molecular formula is C26H23N5O5. The second kappa shape index (κ2) is 10.3. The average molecular weight is 486 g/mol. The molecule has 0 saturated heterocycles. The van der Waals surface area contributed by atoms with Gasteiger partial charge in [0.25, 0.3) is 5.91 Å². The van der Waals surface area contributed by atoms with Crippen molar-refractivity contribution in [1.29, 1.82) is 0 Å². The van der Waals surface area contributed by atoms with Crippen LogP contribution in [-0.2, 0) is 20.7 Å². The number of esters is 1. The van der Waals surface area contributed by atoms with E-state index in [0.717, 1.165) is 16.8 Å². The smallest absolute Gasteiger partial charge is 0.306 e. The summed E-state index contributed by atoms with van der Waals surface area (Å²) < 4.78 is 15.9. The maximum absolute atomic E-state index is 13.0. The van der Waals surface area contributed by atoms with Gasteiger partial charge in [-0.15, -0.1) is 0 Å².